The number of carbonyl (C=O) groups excluding carboxylic acids is 1. The maximum absolute atomic E-state index is 13.0. The zero-order chi connectivity index (χ0) is 32.3. The average Bonchev–Trinajstić information content (AvgIpc) is 3.34. The van der Waals surface area contributed by atoms with Gasteiger partial charge in [0.25, 0.3) is 5.69 Å². The Balaban J connectivity index is 1.27. The van der Waals surface area contributed by atoms with Gasteiger partial charge in [-0.05, 0) is 56.5 Å². The molecule has 0 radical (unpaired) electrons. The van der Waals surface area contributed by atoms with Crippen LogP contribution in [0, 0.1) is 17.0 Å². The minimum atomic E-state index is -0.695. The number of aromatic nitrogens is 1. The summed E-state index contributed by atoms with van der Waals surface area (Å²) in [5, 5.41) is 20.8. The zero-order valence-corrected chi connectivity index (χ0v) is 25.9. The number of methoxy groups -OCH3 is 2. The lowest BCUT2D eigenvalue weighted by Crippen LogP contribution is -2.38. The number of nitrogens with zero attached hydrogens (tertiary/aromatic N) is 1. The molecule has 12 nitrogen and oxygen atoms in total. The Bertz CT molecular complexity index is 1780. The van der Waals surface area contributed by atoms with Crippen molar-refractivity contribution in [1.29, 1.82) is 0 Å². The molecule has 45 heavy (non-hydrogen) atoms. The summed E-state index contributed by atoms with van der Waals surface area (Å²) in [4.78, 5) is 37.5. The van der Waals surface area contributed by atoms with Gasteiger partial charge in [-0.3, -0.25) is 19.9 Å². The summed E-state index contributed by atoms with van der Waals surface area (Å²) in [7, 11) is 2.92. The lowest BCUT2D eigenvalue weighted by atomic mass is 9.87. The predicted octanol–water partition coefficient (Wildman–Crippen LogP) is 5.74. The fraction of sp³-hybridized carbons (Fsp3) is 0.312. The standard InChI is InChI=1S/C32H32N2O10S/c1-18-23-13-14-32(2,15-16-42-22-11-5-19(6-12-22)17-24-29(35)33-31(37)45-24)44-26(23)28(41-4)27(40-3)25(18)43-30(36)20-7-9-21(10-8-20)34(38)39/h5-12,35H,13-17H2,1-4H3,(H,33,37). The Morgan fingerprint density at radius 2 is 1.78 bits per heavy atom. The first-order chi connectivity index (χ1) is 21.5. The number of esters is 1. The fourth-order valence-corrected chi connectivity index (χ4v) is 5.96. The summed E-state index contributed by atoms with van der Waals surface area (Å²) >= 11 is 0.983. The van der Waals surface area contributed by atoms with Crippen molar-refractivity contribution in [3.8, 4) is 34.6 Å². The Morgan fingerprint density at radius 1 is 1.09 bits per heavy atom. The van der Waals surface area contributed by atoms with Crippen LogP contribution in [0.2, 0.25) is 0 Å². The largest absolute Gasteiger partial charge is 0.494 e. The number of non-ortho nitro benzene ring substituents is 1. The normalized spacial score (nSPS) is 15.5. The maximum Gasteiger partial charge on any atom is 0.343 e. The summed E-state index contributed by atoms with van der Waals surface area (Å²) < 4.78 is 29.7. The molecule has 2 heterocycles. The van der Waals surface area contributed by atoms with Crippen molar-refractivity contribution >= 4 is 23.0 Å². The topological polar surface area (TPSA) is 159 Å². The number of ether oxygens (including phenoxy) is 5. The van der Waals surface area contributed by atoms with Crippen molar-refractivity contribution in [3.05, 3.63) is 95.4 Å². The first kappa shape index (κ1) is 31.4. The Hall–Kier alpha value is -5.04. The molecule has 1 aliphatic rings. The van der Waals surface area contributed by atoms with Crippen LogP contribution in [0.4, 0.5) is 5.69 Å². The van der Waals surface area contributed by atoms with E-state index in [1.54, 1.807) is 0 Å². The molecule has 3 aromatic carbocycles. The number of carbonyl (C=O) groups is 1. The predicted molar refractivity (Wildman–Crippen MR) is 166 cm³/mol. The molecular formula is C32H32N2O10S. The molecule has 0 bridgehead atoms. The molecule has 0 saturated heterocycles. The highest BCUT2D eigenvalue weighted by Gasteiger charge is 2.38. The lowest BCUT2D eigenvalue weighted by Gasteiger charge is -2.37. The number of aromatic amines is 1. The molecule has 0 aliphatic carbocycles. The van der Waals surface area contributed by atoms with E-state index < -0.39 is 16.5 Å². The molecule has 13 heteroatoms. The second-order valence-electron chi connectivity index (χ2n) is 10.8. The third-order valence-electron chi connectivity index (χ3n) is 7.74. The van der Waals surface area contributed by atoms with Gasteiger partial charge in [0, 0.05) is 36.1 Å². The number of nitrogens with one attached hydrogen (secondary N) is 1. The van der Waals surface area contributed by atoms with Gasteiger partial charge in [-0.25, -0.2) is 4.79 Å². The molecule has 0 amide bonds. The van der Waals surface area contributed by atoms with E-state index in [0.717, 1.165) is 22.5 Å². The Kier molecular flexibility index (Phi) is 9.00. The van der Waals surface area contributed by atoms with E-state index in [0.29, 0.717) is 60.0 Å². The van der Waals surface area contributed by atoms with Crippen LogP contribution in [0.25, 0.3) is 0 Å². The van der Waals surface area contributed by atoms with Gasteiger partial charge in [-0.1, -0.05) is 23.5 Å². The smallest absolute Gasteiger partial charge is 0.343 e. The van der Waals surface area contributed by atoms with Crippen molar-refractivity contribution < 1.29 is 38.5 Å². The summed E-state index contributed by atoms with van der Waals surface area (Å²) in [6.07, 6.45) is 2.29. The fourth-order valence-electron chi connectivity index (χ4n) is 5.20. The van der Waals surface area contributed by atoms with Gasteiger partial charge >= 0.3 is 10.8 Å². The Morgan fingerprint density at radius 3 is 2.38 bits per heavy atom. The van der Waals surface area contributed by atoms with Gasteiger partial charge in [0.15, 0.2) is 11.5 Å². The van der Waals surface area contributed by atoms with Crippen molar-refractivity contribution in [2.45, 2.75) is 45.1 Å². The summed E-state index contributed by atoms with van der Waals surface area (Å²) in [5.74, 6) is 1.08. The van der Waals surface area contributed by atoms with Crippen molar-refractivity contribution in [3.63, 3.8) is 0 Å². The van der Waals surface area contributed by atoms with Crippen LogP contribution < -0.4 is 28.6 Å². The van der Waals surface area contributed by atoms with E-state index in [1.165, 1.54) is 38.5 Å². The molecule has 2 N–H and O–H groups in total. The van der Waals surface area contributed by atoms with E-state index in [9.17, 15) is 24.8 Å². The van der Waals surface area contributed by atoms with E-state index >= 15 is 0 Å². The molecule has 0 saturated carbocycles. The van der Waals surface area contributed by atoms with Crippen molar-refractivity contribution in [1.82, 2.24) is 4.98 Å². The molecule has 4 aromatic rings. The van der Waals surface area contributed by atoms with E-state index in [1.807, 2.05) is 38.1 Å². The number of nitro benzene ring substituents is 1. The molecule has 1 aromatic heterocycles. The van der Waals surface area contributed by atoms with Gasteiger partial charge in [-0.15, -0.1) is 0 Å². The number of fused-ring (bicyclic) bond motifs is 1. The van der Waals surface area contributed by atoms with Crippen LogP contribution in [-0.4, -0.2) is 47.4 Å². The minimum absolute atomic E-state index is 0.100. The van der Waals surface area contributed by atoms with Crippen LogP contribution >= 0.6 is 11.3 Å². The van der Waals surface area contributed by atoms with Gasteiger partial charge in [0.2, 0.25) is 17.4 Å². The number of rotatable bonds is 11. The van der Waals surface area contributed by atoms with Crippen LogP contribution in [0.15, 0.2) is 53.3 Å². The molecule has 5 rings (SSSR count). The first-order valence-electron chi connectivity index (χ1n) is 14.1. The second kappa shape index (κ2) is 12.9. The highest BCUT2D eigenvalue weighted by atomic mass is 32.1. The number of thiazole rings is 1. The van der Waals surface area contributed by atoms with E-state index in [-0.39, 0.29) is 33.5 Å². The summed E-state index contributed by atoms with van der Waals surface area (Å²) in [6, 6.07) is 12.6. The summed E-state index contributed by atoms with van der Waals surface area (Å²) in [5.41, 5.74) is 1.85. The van der Waals surface area contributed by atoms with Gasteiger partial charge in [0.1, 0.15) is 11.4 Å². The number of aromatic hydroxyl groups is 1. The quantitative estimate of drug-likeness (QED) is 0.0900. The van der Waals surface area contributed by atoms with Crippen molar-refractivity contribution in [2.24, 2.45) is 0 Å². The molecule has 1 unspecified atom stereocenters. The highest BCUT2D eigenvalue weighted by Crippen LogP contribution is 2.53. The maximum atomic E-state index is 13.0. The van der Waals surface area contributed by atoms with E-state index in [4.69, 9.17) is 23.7 Å². The first-order valence-corrected chi connectivity index (χ1v) is 14.9. The number of hydrogen-bond acceptors (Lipinski definition) is 11. The molecule has 1 atom stereocenters. The SMILES string of the molecule is COc1c(OC(=O)c2ccc([N+](=O)[O-])cc2)c(C)c2c(c1OC)OC(C)(CCOc1ccc(Cc3sc(=O)[nH]c3O)cc1)CC2. The molecule has 1 aliphatic heterocycles. The Labute approximate surface area is 262 Å². The van der Waals surface area contributed by atoms with E-state index in [2.05, 4.69) is 4.98 Å². The monoisotopic (exact) mass is 636 g/mol. The van der Waals surface area contributed by atoms with Gasteiger partial charge in [0.05, 0.1) is 36.2 Å². The molecule has 0 fully saturated rings. The van der Waals surface area contributed by atoms with Crippen molar-refractivity contribution in [2.75, 3.05) is 20.8 Å². The minimum Gasteiger partial charge on any atom is -0.494 e. The van der Waals surface area contributed by atoms with Gasteiger partial charge < -0.3 is 28.8 Å². The van der Waals surface area contributed by atoms with Crippen LogP contribution in [0.3, 0.4) is 0 Å². The third-order valence-corrected chi connectivity index (χ3v) is 8.61. The lowest BCUT2D eigenvalue weighted by molar-refractivity contribution is -0.384. The molecule has 236 valence electrons. The molecule has 0 spiro atoms. The average molecular weight is 637 g/mol. The number of nitro groups is 1. The van der Waals surface area contributed by atoms with Gasteiger partial charge in [-0.2, -0.15) is 0 Å². The van der Waals surface area contributed by atoms with Crippen LogP contribution in [0.5, 0.6) is 34.6 Å². The highest BCUT2D eigenvalue weighted by molar-refractivity contribution is 7.09. The third kappa shape index (κ3) is 6.73. The zero-order valence-electron chi connectivity index (χ0n) is 25.1. The van der Waals surface area contributed by atoms with Crippen LogP contribution in [-0.2, 0) is 12.8 Å². The summed E-state index contributed by atoms with van der Waals surface area (Å²) in [6.45, 7) is 4.20. The second-order valence-corrected chi connectivity index (χ2v) is 11.8. The molecular weight excluding hydrogens is 604 g/mol. The number of benzene rings is 3. The number of H-pyrrole nitrogens is 1. The number of hydrogen-bond donors (Lipinski definition) is 2. The van der Waals surface area contributed by atoms with Crippen LogP contribution in [0.1, 0.15) is 51.7 Å².